The second-order valence-electron chi connectivity index (χ2n) is 3.95. The quantitative estimate of drug-likeness (QED) is 0.774. The van der Waals surface area contributed by atoms with E-state index < -0.39 is 12.0 Å². The summed E-state index contributed by atoms with van der Waals surface area (Å²) in [6, 6.07) is 13.6. The fourth-order valence-corrected chi connectivity index (χ4v) is 2.72. The van der Waals surface area contributed by atoms with Crippen LogP contribution in [0.5, 0.6) is 0 Å². The van der Waals surface area contributed by atoms with E-state index in [1.165, 1.54) is 0 Å². The van der Waals surface area contributed by atoms with E-state index in [1.807, 2.05) is 18.2 Å². The molecule has 2 aromatic rings. The largest absolute Gasteiger partial charge is 0.479 e. The van der Waals surface area contributed by atoms with Crippen molar-refractivity contribution in [2.24, 2.45) is 0 Å². The topological polar surface area (TPSA) is 49.3 Å². The van der Waals surface area contributed by atoms with Crippen LogP contribution in [0.25, 0.3) is 0 Å². The first-order chi connectivity index (χ1) is 9.08. The van der Waals surface area contributed by atoms with Gasteiger partial charge >= 0.3 is 5.97 Å². The molecule has 5 heteroatoms. The first kappa shape index (κ1) is 14.1. The normalized spacial score (nSPS) is 11.9. The minimum absolute atomic E-state index is 0.626. The molecule has 0 aromatic heterocycles. The molecule has 2 rings (SSSR count). The van der Waals surface area contributed by atoms with Gasteiger partial charge in [-0.05, 0) is 46.4 Å². The molecule has 0 spiro atoms. The third-order valence-electron chi connectivity index (χ3n) is 2.61. The predicted octanol–water partition coefficient (Wildman–Crippen LogP) is 4.18. The number of rotatable bonds is 4. The Balaban J connectivity index is 2.29. The molecule has 0 amide bonds. The van der Waals surface area contributed by atoms with Gasteiger partial charge in [-0.3, -0.25) is 0 Å². The van der Waals surface area contributed by atoms with E-state index in [-0.39, 0.29) is 0 Å². The molecule has 2 aromatic carbocycles. The summed E-state index contributed by atoms with van der Waals surface area (Å²) < 4.78 is 0.882. The lowest BCUT2D eigenvalue weighted by atomic mass is 10.1. The molecule has 0 aliphatic carbocycles. The van der Waals surface area contributed by atoms with Crippen LogP contribution in [0.1, 0.15) is 11.6 Å². The highest BCUT2D eigenvalue weighted by Gasteiger charge is 2.20. The Morgan fingerprint density at radius 3 is 2.47 bits per heavy atom. The number of benzene rings is 2. The number of hydrogen-bond acceptors (Lipinski definition) is 2. The summed E-state index contributed by atoms with van der Waals surface area (Å²) in [5, 5.41) is 13.0. The number of carbonyl (C=O) groups is 1. The van der Waals surface area contributed by atoms with E-state index in [2.05, 4.69) is 27.9 Å². The van der Waals surface area contributed by atoms with Crippen molar-refractivity contribution >= 4 is 45.8 Å². The molecule has 3 nitrogen and oxygen atoms in total. The van der Waals surface area contributed by atoms with Crippen molar-refractivity contribution in [2.75, 3.05) is 5.32 Å². The molecule has 19 heavy (non-hydrogen) atoms. The van der Waals surface area contributed by atoms with Crippen LogP contribution >= 0.6 is 34.2 Å². The van der Waals surface area contributed by atoms with Gasteiger partial charge in [-0.1, -0.05) is 41.9 Å². The third kappa shape index (κ3) is 3.61. The lowest BCUT2D eigenvalue weighted by molar-refractivity contribution is -0.138. The molecule has 0 bridgehead atoms. The van der Waals surface area contributed by atoms with Crippen molar-refractivity contribution in [3.05, 3.63) is 62.7 Å². The van der Waals surface area contributed by atoms with Crippen LogP contribution in [-0.4, -0.2) is 11.1 Å². The lowest BCUT2D eigenvalue weighted by Gasteiger charge is -2.17. The van der Waals surface area contributed by atoms with Gasteiger partial charge in [0.05, 0.1) is 0 Å². The standard InChI is InChI=1S/C14H11ClINO2/c15-10-6-7-12(11(16)8-10)17-13(14(18)19)9-4-2-1-3-5-9/h1-8,13,17H,(H,18,19). The Morgan fingerprint density at radius 1 is 1.21 bits per heavy atom. The number of nitrogens with one attached hydrogen (secondary N) is 1. The van der Waals surface area contributed by atoms with Gasteiger partial charge in [-0.2, -0.15) is 0 Å². The van der Waals surface area contributed by atoms with Crippen LogP contribution in [-0.2, 0) is 4.79 Å². The summed E-state index contributed by atoms with van der Waals surface area (Å²) in [4.78, 5) is 11.4. The molecule has 1 atom stereocenters. The van der Waals surface area contributed by atoms with Crippen LogP contribution < -0.4 is 5.32 Å². The smallest absolute Gasteiger partial charge is 0.330 e. The maximum absolute atomic E-state index is 11.4. The summed E-state index contributed by atoms with van der Waals surface area (Å²) >= 11 is 8.01. The molecule has 0 fully saturated rings. The second kappa shape index (κ2) is 6.25. The van der Waals surface area contributed by atoms with Crippen LogP contribution in [0.2, 0.25) is 5.02 Å². The molecule has 98 valence electrons. The van der Waals surface area contributed by atoms with Crippen LogP contribution in [0.4, 0.5) is 5.69 Å². The average Bonchev–Trinajstić information content (AvgIpc) is 2.38. The number of aliphatic carboxylic acids is 1. The van der Waals surface area contributed by atoms with Gasteiger partial charge in [0.2, 0.25) is 0 Å². The Kier molecular flexibility index (Phi) is 4.66. The first-order valence-electron chi connectivity index (χ1n) is 5.57. The predicted molar refractivity (Wildman–Crippen MR) is 84.6 cm³/mol. The molecular weight excluding hydrogens is 377 g/mol. The summed E-state index contributed by atoms with van der Waals surface area (Å²) in [6.45, 7) is 0. The van der Waals surface area contributed by atoms with Crippen molar-refractivity contribution in [1.29, 1.82) is 0 Å². The number of halogens is 2. The molecule has 0 saturated heterocycles. The SMILES string of the molecule is O=C(O)C(Nc1ccc(Cl)cc1I)c1ccccc1. The summed E-state index contributed by atoms with van der Waals surface area (Å²) in [5.41, 5.74) is 1.46. The van der Waals surface area contributed by atoms with E-state index in [1.54, 1.807) is 30.3 Å². The number of anilines is 1. The molecule has 0 heterocycles. The van der Waals surface area contributed by atoms with Gasteiger partial charge in [-0.25, -0.2) is 4.79 Å². The fraction of sp³-hybridized carbons (Fsp3) is 0.0714. The van der Waals surface area contributed by atoms with Crippen LogP contribution in [0.15, 0.2) is 48.5 Å². The zero-order valence-electron chi connectivity index (χ0n) is 9.81. The summed E-state index contributed by atoms with van der Waals surface area (Å²) in [6.07, 6.45) is 0. The van der Waals surface area contributed by atoms with Crippen molar-refractivity contribution < 1.29 is 9.90 Å². The van der Waals surface area contributed by atoms with Crippen molar-refractivity contribution in [3.63, 3.8) is 0 Å². The molecular formula is C14H11ClINO2. The fourth-order valence-electron chi connectivity index (χ4n) is 1.70. The first-order valence-corrected chi connectivity index (χ1v) is 7.03. The van der Waals surface area contributed by atoms with Crippen molar-refractivity contribution in [1.82, 2.24) is 0 Å². The van der Waals surface area contributed by atoms with E-state index in [0.29, 0.717) is 10.6 Å². The maximum atomic E-state index is 11.4. The molecule has 0 aliphatic heterocycles. The van der Waals surface area contributed by atoms with Crippen molar-refractivity contribution in [2.45, 2.75) is 6.04 Å². The highest BCUT2D eigenvalue weighted by Crippen LogP contribution is 2.26. The van der Waals surface area contributed by atoms with Gasteiger partial charge in [0.25, 0.3) is 0 Å². The van der Waals surface area contributed by atoms with E-state index in [9.17, 15) is 9.90 Å². The lowest BCUT2D eigenvalue weighted by Crippen LogP contribution is -2.20. The van der Waals surface area contributed by atoms with Gasteiger partial charge in [0, 0.05) is 14.3 Å². The highest BCUT2D eigenvalue weighted by atomic mass is 127. The van der Waals surface area contributed by atoms with E-state index in [4.69, 9.17) is 11.6 Å². The summed E-state index contributed by atoms with van der Waals surface area (Å²) in [7, 11) is 0. The number of carboxylic acid groups (broad SMARTS) is 1. The van der Waals surface area contributed by atoms with Gasteiger partial charge in [0.15, 0.2) is 6.04 Å². The Morgan fingerprint density at radius 2 is 1.89 bits per heavy atom. The Bertz CT molecular complexity index is 589. The highest BCUT2D eigenvalue weighted by molar-refractivity contribution is 14.1. The molecule has 0 radical (unpaired) electrons. The second-order valence-corrected chi connectivity index (χ2v) is 5.55. The van der Waals surface area contributed by atoms with Gasteiger partial charge in [0.1, 0.15) is 0 Å². The third-order valence-corrected chi connectivity index (χ3v) is 3.74. The molecule has 2 N–H and O–H groups in total. The number of carboxylic acids is 1. The summed E-state index contributed by atoms with van der Waals surface area (Å²) in [5.74, 6) is -0.919. The average molecular weight is 388 g/mol. The zero-order chi connectivity index (χ0) is 13.8. The van der Waals surface area contributed by atoms with Crippen molar-refractivity contribution in [3.8, 4) is 0 Å². The maximum Gasteiger partial charge on any atom is 0.330 e. The van der Waals surface area contributed by atoms with E-state index in [0.717, 1.165) is 9.26 Å². The van der Waals surface area contributed by atoms with E-state index >= 15 is 0 Å². The Hall–Kier alpha value is -1.27. The monoisotopic (exact) mass is 387 g/mol. The zero-order valence-corrected chi connectivity index (χ0v) is 12.7. The molecule has 1 unspecified atom stereocenters. The van der Waals surface area contributed by atoms with Crippen LogP contribution in [0, 0.1) is 3.57 Å². The van der Waals surface area contributed by atoms with Crippen LogP contribution in [0.3, 0.4) is 0 Å². The van der Waals surface area contributed by atoms with Gasteiger partial charge in [-0.15, -0.1) is 0 Å². The Labute approximate surface area is 129 Å². The molecule has 0 saturated carbocycles. The molecule has 0 aliphatic rings. The van der Waals surface area contributed by atoms with Gasteiger partial charge < -0.3 is 10.4 Å². The number of hydrogen-bond donors (Lipinski definition) is 2. The minimum atomic E-state index is -0.919. The minimum Gasteiger partial charge on any atom is -0.479 e.